The van der Waals surface area contributed by atoms with E-state index in [0.29, 0.717) is 0 Å². The predicted octanol–water partition coefficient (Wildman–Crippen LogP) is 37.0. The molecule has 23 aromatic carbocycles. The van der Waals surface area contributed by atoms with Crippen molar-refractivity contribution in [3.8, 4) is 123 Å². The van der Waals surface area contributed by atoms with Crippen LogP contribution in [0.2, 0.25) is 0 Å². The molecule has 29 aromatic rings. The van der Waals surface area contributed by atoms with Crippen molar-refractivity contribution >= 4 is 131 Å². The molecule has 0 bridgehead atoms. The summed E-state index contributed by atoms with van der Waals surface area (Å²) in [6.45, 7) is 0. The van der Waals surface area contributed by atoms with Gasteiger partial charge in [0.25, 0.3) is 0 Å². The van der Waals surface area contributed by atoms with E-state index in [1.165, 1.54) is 220 Å². The van der Waals surface area contributed by atoms with E-state index >= 15 is 0 Å². The third kappa shape index (κ3) is 14.6. The summed E-state index contributed by atoms with van der Waals surface area (Å²) < 4.78 is 14.8. The minimum absolute atomic E-state index is 1.14. The Kier molecular flexibility index (Phi) is 20.9. The average Bonchev–Trinajstić information content (AvgIpc) is 1.55. The van der Waals surface area contributed by atoms with Gasteiger partial charge in [0.1, 0.15) is 0 Å². The van der Waals surface area contributed by atoms with Crippen LogP contribution in [0.15, 0.2) is 558 Å². The van der Waals surface area contributed by atoms with Crippen LogP contribution in [0, 0.1) is 0 Å². The van der Waals surface area contributed by atoms with E-state index in [9.17, 15) is 0 Å². The molecule has 6 nitrogen and oxygen atoms in total. The summed E-state index contributed by atoms with van der Waals surface area (Å²) in [6, 6.07) is 202. The van der Waals surface area contributed by atoms with E-state index in [2.05, 4.69) is 586 Å². The standard InChI is InChI=1S/2C48H32N2.C42H28N2/c1-4-14-33(15-5-1)36-20-12-22-39(30-36)49-45-28-26-38(35-18-8-3-9-19-35)32-43(45)47-46(49)29-27-42-41-24-10-11-25-44(41)50(48(42)47)40-23-13-21-37(31-40)34-16-6-2-7-17-34;1-4-12-33(13-5-1)36-20-25-39(26-21-36)49-45-31-30-42-41-18-10-11-19-44(41)50(40-27-22-37(23-28-40)34-14-6-2-7-15-34)48(42)47(45)43-29-24-38(32-46(43)49)35-16-8-3-9-17-35;1-4-13-29(14-5-1)31-17-12-20-34(27-31)44-38-22-11-10-21-35(38)36-25-26-39-41(42(36)44)37-24-23-32(30-15-6-2-7-16-30)28-40(37)43(39)33-18-8-3-9-19-33/h2*1-32H;1-28H. The van der Waals surface area contributed by atoms with Gasteiger partial charge in [-0.05, 0) is 222 Å². The molecule has 0 fully saturated rings. The van der Waals surface area contributed by atoms with Gasteiger partial charge in [0, 0.05) is 98.8 Å². The Morgan fingerprint density at radius 3 is 0.632 bits per heavy atom. The number of hydrogen-bond acceptors (Lipinski definition) is 0. The first kappa shape index (κ1) is 84.2. The van der Waals surface area contributed by atoms with Crippen LogP contribution < -0.4 is 0 Å². The highest BCUT2D eigenvalue weighted by atomic mass is 15.0. The first-order chi connectivity index (χ1) is 71.5. The maximum absolute atomic E-state index is 2.48. The Bertz CT molecular complexity index is 9930. The minimum atomic E-state index is 1.14. The van der Waals surface area contributed by atoms with Crippen molar-refractivity contribution in [3.05, 3.63) is 558 Å². The van der Waals surface area contributed by atoms with Crippen molar-refractivity contribution < 1.29 is 0 Å². The Balaban J connectivity index is 0.000000108. The van der Waals surface area contributed by atoms with Crippen molar-refractivity contribution in [2.24, 2.45) is 0 Å². The summed E-state index contributed by atoms with van der Waals surface area (Å²) in [6.07, 6.45) is 0. The second-order valence-electron chi connectivity index (χ2n) is 37.3. The van der Waals surface area contributed by atoms with E-state index in [0.717, 1.165) is 34.1 Å². The number of rotatable bonds is 14. The summed E-state index contributed by atoms with van der Waals surface area (Å²) >= 11 is 0. The van der Waals surface area contributed by atoms with Crippen LogP contribution in [-0.2, 0) is 0 Å². The molecule has 0 radical (unpaired) electrons. The first-order valence-electron chi connectivity index (χ1n) is 49.5. The highest BCUT2D eigenvalue weighted by molar-refractivity contribution is 6.30. The van der Waals surface area contributed by atoms with Gasteiger partial charge in [-0.1, -0.05) is 425 Å². The van der Waals surface area contributed by atoms with Gasteiger partial charge in [-0.2, -0.15) is 0 Å². The lowest BCUT2D eigenvalue weighted by Crippen LogP contribution is -1.96. The largest absolute Gasteiger partial charge is 0.309 e. The first-order valence-corrected chi connectivity index (χ1v) is 49.5. The average molecular weight is 1830 g/mol. The molecule has 144 heavy (non-hydrogen) atoms. The number of para-hydroxylation sites is 4. The molecule has 0 unspecified atom stereocenters. The van der Waals surface area contributed by atoms with Crippen LogP contribution in [0.25, 0.3) is 254 Å². The highest BCUT2D eigenvalue weighted by Gasteiger charge is 2.28. The van der Waals surface area contributed by atoms with Gasteiger partial charge in [0.15, 0.2) is 0 Å². The second kappa shape index (κ2) is 35.7. The number of aromatic nitrogens is 6. The van der Waals surface area contributed by atoms with Crippen LogP contribution >= 0.6 is 0 Å². The van der Waals surface area contributed by atoms with E-state index in [-0.39, 0.29) is 0 Å². The van der Waals surface area contributed by atoms with Gasteiger partial charge in [0.05, 0.1) is 66.2 Å². The molecule has 29 rings (SSSR count). The number of hydrogen-bond donors (Lipinski definition) is 0. The van der Waals surface area contributed by atoms with Gasteiger partial charge >= 0.3 is 0 Å². The molecule has 0 atom stereocenters. The molecule has 0 spiro atoms. The predicted molar refractivity (Wildman–Crippen MR) is 609 cm³/mol. The quantitative estimate of drug-likeness (QED) is 0.104. The lowest BCUT2D eigenvalue weighted by Gasteiger charge is -2.12. The third-order valence-electron chi connectivity index (χ3n) is 29.1. The lowest BCUT2D eigenvalue weighted by molar-refractivity contribution is 1.17. The summed E-state index contributed by atoms with van der Waals surface area (Å²) in [5.41, 5.74) is 40.8. The normalized spacial score (nSPS) is 11.6. The van der Waals surface area contributed by atoms with Gasteiger partial charge in [-0.3, -0.25) is 0 Å². The number of fused-ring (bicyclic) bond motifs is 21. The molecular weight excluding hydrogens is 1740 g/mol. The molecular formula is C138H92N6. The summed E-state index contributed by atoms with van der Waals surface area (Å²) in [5.74, 6) is 0. The van der Waals surface area contributed by atoms with Crippen LogP contribution in [0.4, 0.5) is 0 Å². The topological polar surface area (TPSA) is 29.6 Å². The van der Waals surface area contributed by atoms with Gasteiger partial charge in [-0.15, -0.1) is 0 Å². The van der Waals surface area contributed by atoms with Crippen molar-refractivity contribution in [3.63, 3.8) is 0 Å². The molecule has 0 aliphatic heterocycles. The second-order valence-corrected chi connectivity index (χ2v) is 37.3. The molecule has 0 saturated carbocycles. The van der Waals surface area contributed by atoms with Crippen molar-refractivity contribution in [1.29, 1.82) is 0 Å². The number of benzene rings is 23. The molecule has 0 N–H and O–H groups in total. The van der Waals surface area contributed by atoms with Crippen LogP contribution in [0.5, 0.6) is 0 Å². The minimum Gasteiger partial charge on any atom is -0.309 e. The Labute approximate surface area is 833 Å². The molecule has 6 heteroatoms. The lowest BCUT2D eigenvalue weighted by atomic mass is 10.0. The van der Waals surface area contributed by atoms with E-state index in [4.69, 9.17) is 0 Å². The molecule has 0 saturated heterocycles. The number of nitrogens with zero attached hydrogens (tertiary/aromatic N) is 6. The Morgan fingerprint density at radius 2 is 0.292 bits per heavy atom. The molecule has 6 heterocycles. The fourth-order valence-electron chi connectivity index (χ4n) is 22.6. The fourth-order valence-corrected chi connectivity index (χ4v) is 22.6. The van der Waals surface area contributed by atoms with Crippen LogP contribution in [-0.4, -0.2) is 27.4 Å². The van der Waals surface area contributed by atoms with E-state index < -0.39 is 0 Å². The van der Waals surface area contributed by atoms with Gasteiger partial charge < -0.3 is 27.4 Å². The summed E-state index contributed by atoms with van der Waals surface area (Å²) in [5, 5.41) is 15.0. The van der Waals surface area contributed by atoms with E-state index in [1.807, 2.05) is 0 Å². The van der Waals surface area contributed by atoms with Crippen molar-refractivity contribution in [1.82, 2.24) is 27.4 Å². The van der Waals surface area contributed by atoms with Crippen molar-refractivity contribution in [2.75, 3.05) is 0 Å². The molecule has 0 aliphatic rings. The SMILES string of the molecule is c1ccc(-c2ccc(-n3c4cc(-c5ccccc5)ccc4c4c3ccc3c5ccccc5n(-c5ccc(-c6ccccc6)cc5)c34)cc2)cc1.c1ccc(-c2cccc(-n3c4ccc(-c5ccccc5)cc4c4c3ccc3c5ccccc5n(-c5cccc(-c6ccccc6)c5)c34)c2)cc1.c1ccc(-c2cccc(-n3c4ccccc4c4ccc5c(c6ccc(-c7ccccc7)cc6n5-c5ccccc5)c43)c2)cc1. The zero-order chi connectivity index (χ0) is 95.1. The maximum Gasteiger partial charge on any atom is 0.0641 e. The zero-order valence-electron chi connectivity index (χ0n) is 78.8. The van der Waals surface area contributed by atoms with Crippen molar-refractivity contribution in [2.45, 2.75) is 0 Å². The third-order valence-corrected chi connectivity index (χ3v) is 29.1. The summed E-state index contributed by atoms with van der Waals surface area (Å²) in [7, 11) is 0. The van der Waals surface area contributed by atoms with Gasteiger partial charge in [0.2, 0.25) is 0 Å². The van der Waals surface area contributed by atoms with Crippen LogP contribution in [0.1, 0.15) is 0 Å². The zero-order valence-corrected chi connectivity index (χ0v) is 78.8. The molecule has 0 amide bonds. The van der Waals surface area contributed by atoms with Gasteiger partial charge in [-0.25, -0.2) is 0 Å². The smallest absolute Gasteiger partial charge is 0.0641 e. The van der Waals surface area contributed by atoms with E-state index in [1.54, 1.807) is 0 Å². The maximum atomic E-state index is 2.48. The fraction of sp³-hybridized carbons (Fsp3) is 0. The summed E-state index contributed by atoms with van der Waals surface area (Å²) in [4.78, 5) is 0. The molecule has 6 aromatic heterocycles. The monoisotopic (exact) mass is 1830 g/mol. The Hall–Kier alpha value is -19.1. The molecule has 674 valence electrons. The highest BCUT2D eigenvalue weighted by Crippen LogP contribution is 2.49. The van der Waals surface area contributed by atoms with Crippen LogP contribution in [0.3, 0.4) is 0 Å². The Morgan fingerprint density at radius 1 is 0.0903 bits per heavy atom. The molecule has 0 aliphatic carbocycles.